The average molecular weight is 236 g/mol. The maximum absolute atomic E-state index is 10.9. The Morgan fingerprint density at radius 3 is 2.65 bits per heavy atom. The van der Waals surface area contributed by atoms with E-state index in [2.05, 4.69) is 16.4 Å². The molecule has 1 unspecified atom stereocenters. The number of hydrogen-bond acceptors (Lipinski definition) is 2. The molecule has 3 N–H and O–H groups in total. The van der Waals surface area contributed by atoms with Crippen molar-refractivity contribution in [1.29, 1.82) is 0 Å². The van der Waals surface area contributed by atoms with E-state index in [1.807, 2.05) is 19.3 Å². The molecule has 0 aliphatic heterocycles. The van der Waals surface area contributed by atoms with Gasteiger partial charge in [-0.25, -0.2) is 0 Å². The van der Waals surface area contributed by atoms with Gasteiger partial charge in [-0.1, -0.05) is 0 Å². The van der Waals surface area contributed by atoms with Crippen LogP contribution in [0.5, 0.6) is 0 Å². The number of H-pyrrole nitrogens is 1. The fourth-order valence-electron chi connectivity index (χ4n) is 2.88. The highest BCUT2D eigenvalue weighted by molar-refractivity contribution is 5.70. The van der Waals surface area contributed by atoms with Gasteiger partial charge in [-0.15, -0.1) is 0 Å². The summed E-state index contributed by atoms with van der Waals surface area (Å²) in [5.41, 5.74) is 1.20. The highest BCUT2D eigenvalue weighted by Gasteiger charge is 2.30. The molecule has 1 heterocycles. The van der Waals surface area contributed by atoms with E-state index in [9.17, 15) is 4.79 Å². The zero-order valence-electron chi connectivity index (χ0n) is 10.1. The van der Waals surface area contributed by atoms with Crippen molar-refractivity contribution in [3.63, 3.8) is 0 Å². The maximum Gasteiger partial charge on any atom is 0.306 e. The van der Waals surface area contributed by atoms with Crippen LogP contribution in [0.4, 0.5) is 0 Å². The Hall–Kier alpha value is -1.29. The van der Waals surface area contributed by atoms with E-state index in [0.29, 0.717) is 12.0 Å². The number of aromatic nitrogens is 1. The Bertz CT molecular complexity index is 354. The molecule has 0 amide bonds. The van der Waals surface area contributed by atoms with Crippen LogP contribution in [0.3, 0.4) is 0 Å². The molecular weight excluding hydrogens is 216 g/mol. The number of carbonyl (C=O) groups is 1. The van der Waals surface area contributed by atoms with Crippen LogP contribution in [0.1, 0.15) is 37.4 Å². The number of aliphatic carboxylic acids is 1. The van der Waals surface area contributed by atoms with Crippen molar-refractivity contribution >= 4 is 5.97 Å². The SMILES string of the molecule is CNC(c1ccc[nH]1)C1CCC(C(=O)O)CC1. The molecule has 94 valence electrons. The molecule has 1 aliphatic carbocycles. The predicted octanol–water partition coefficient (Wildman–Crippen LogP) is 2.17. The second-order valence-corrected chi connectivity index (χ2v) is 4.84. The predicted molar refractivity (Wildman–Crippen MR) is 65.7 cm³/mol. The van der Waals surface area contributed by atoms with Gasteiger partial charge in [0.05, 0.1) is 5.92 Å². The molecule has 1 saturated carbocycles. The smallest absolute Gasteiger partial charge is 0.306 e. The zero-order chi connectivity index (χ0) is 12.3. The Balaban J connectivity index is 1.97. The Kier molecular flexibility index (Phi) is 3.84. The van der Waals surface area contributed by atoms with Crippen molar-refractivity contribution in [3.8, 4) is 0 Å². The van der Waals surface area contributed by atoms with Crippen molar-refractivity contribution in [2.75, 3.05) is 7.05 Å². The average Bonchev–Trinajstić information content (AvgIpc) is 2.84. The molecule has 0 bridgehead atoms. The van der Waals surface area contributed by atoms with Gasteiger partial charge in [0.25, 0.3) is 0 Å². The highest BCUT2D eigenvalue weighted by atomic mass is 16.4. The van der Waals surface area contributed by atoms with E-state index in [1.54, 1.807) is 0 Å². The Labute approximate surface area is 101 Å². The Morgan fingerprint density at radius 1 is 1.47 bits per heavy atom. The summed E-state index contributed by atoms with van der Waals surface area (Å²) >= 11 is 0. The molecule has 0 aromatic carbocycles. The summed E-state index contributed by atoms with van der Waals surface area (Å²) in [5.74, 6) is -0.231. The molecule has 0 radical (unpaired) electrons. The summed E-state index contributed by atoms with van der Waals surface area (Å²) in [7, 11) is 1.97. The molecule has 0 saturated heterocycles. The first kappa shape index (κ1) is 12.2. The lowest BCUT2D eigenvalue weighted by Crippen LogP contribution is -2.30. The van der Waals surface area contributed by atoms with Crippen molar-refractivity contribution in [1.82, 2.24) is 10.3 Å². The minimum absolute atomic E-state index is 0.132. The van der Waals surface area contributed by atoms with Gasteiger partial charge in [0.1, 0.15) is 0 Å². The molecule has 17 heavy (non-hydrogen) atoms. The lowest BCUT2D eigenvalue weighted by molar-refractivity contribution is -0.143. The number of hydrogen-bond donors (Lipinski definition) is 3. The molecule has 4 heteroatoms. The van der Waals surface area contributed by atoms with E-state index in [4.69, 9.17) is 5.11 Å². The number of aromatic amines is 1. The molecule has 2 rings (SSSR count). The maximum atomic E-state index is 10.9. The topological polar surface area (TPSA) is 65.1 Å². The fourth-order valence-corrected chi connectivity index (χ4v) is 2.88. The summed E-state index contributed by atoms with van der Waals surface area (Å²) in [6, 6.07) is 4.41. The number of carboxylic acid groups (broad SMARTS) is 1. The van der Waals surface area contributed by atoms with Crippen molar-refractivity contribution in [2.24, 2.45) is 11.8 Å². The molecule has 1 aromatic heterocycles. The summed E-state index contributed by atoms with van der Waals surface area (Å²) in [4.78, 5) is 14.1. The van der Waals surface area contributed by atoms with Gasteiger partial charge < -0.3 is 15.4 Å². The molecule has 4 nitrogen and oxygen atoms in total. The summed E-state index contributed by atoms with van der Waals surface area (Å²) in [6.07, 6.45) is 5.52. The van der Waals surface area contributed by atoms with E-state index >= 15 is 0 Å². The van der Waals surface area contributed by atoms with Crippen LogP contribution in [0.25, 0.3) is 0 Å². The van der Waals surface area contributed by atoms with Gasteiger partial charge in [0.2, 0.25) is 0 Å². The van der Waals surface area contributed by atoms with Gasteiger partial charge in [-0.2, -0.15) is 0 Å². The van der Waals surface area contributed by atoms with Crippen LogP contribution < -0.4 is 5.32 Å². The quantitative estimate of drug-likeness (QED) is 0.750. The summed E-state index contributed by atoms with van der Waals surface area (Å²) in [6.45, 7) is 0. The van der Waals surface area contributed by atoms with Crippen LogP contribution in [0.2, 0.25) is 0 Å². The first-order valence-corrected chi connectivity index (χ1v) is 6.25. The van der Waals surface area contributed by atoms with Crippen LogP contribution >= 0.6 is 0 Å². The standard InChI is InChI=1S/C13H20N2O2/c1-14-12(11-3-2-8-15-11)9-4-6-10(7-5-9)13(16)17/h2-3,8-10,12,14-15H,4-7H2,1H3,(H,16,17). The number of rotatable bonds is 4. The van der Waals surface area contributed by atoms with Crippen LogP contribution in [0.15, 0.2) is 18.3 Å². The molecule has 0 spiro atoms. The van der Waals surface area contributed by atoms with Crippen molar-refractivity contribution in [2.45, 2.75) is 31.7 Å². The molecular formula is C13H20N2O2. The van der Waals surface area contributed by atoms with Gasteiger partial charge in [0.15, 0.2) is 0 Å². The van der Waals surface area contributed by atoms with Gasteiger partial charge in [-0.05, 0) is 50.8 Å². The molecule has 1 aliphatic rings. The number of nitrogens with one attached hydrogen (secondary N) is 2. The van der Waals surface area contributed by atoms with E-state index in [-0.39, 0.29) is 5.92 Å². The van der Waals surface area contributed by atoms with Crippen LogP contribution in [-0.2, 0) is 4.79 Å². The van der Waals surface area contributed by atoms with E-state index < -0.39 is 5.97 Å². The summed E-state index contributed by atoms with van der Waals surface area (Å²) in [5, 5.41) is 12.3. The molecule has 1 fully saturated rings. The Morgan fingerprint density at radius 2 is 2.18 bits per heavy atom. The van der Waals surface area contributed by atoms with E-state index in [1.165, 1.54) is 5.69 Å². The third-order valence-corrected chi connectivity index (χ3v) is 3.86. The van der Waals surface area contributed by atoms with Crippen LogP contribution in [0, 0.1) is 11.8 Å². The minimum atomic E-state index is -0.635. The molecule has 1 aromatic rings. The first-order chi connectivity index (χ1) is 8.22. The molecule has 1 atom stereocenters. The highest BCUT2D eigenvalue weighted by Crippen LogP contribution is 2.36. The van der Waals surface area contributed by atoms with Gasteiger partial charge >= 0.3 is 5.97 Å². The second kappa shape index (κ2) is 5.36. The normalized spacial score (nSPS) is 26.6. The van der Waals surface area contributed by atoms with Crippen molar-refractivity contribution < 1.29 is 9.90 Å². The van der Waals surface area contributed by atoms with E-state index in [0.717, 1.165) is 25.7 Å². The van der Waals surface area contributed by atoms with Gasteiger partial charge in [-0.3, -0.25) is 4.79 Å². The first-order valence-electron chi connectivity index (χ1n) is 6.25. The largest absolute Gasteiger partial charge is 0.481 e. The van der Waals surface area contributed by atoms with Gasteiger partial charge in [0, 0.05) is 17.9 Å². The lowest BCUT2D eigenvalue weighted by atomic mass is 9.78. The number of carboxylic acids is 1. The van der Waals surface area contributed by atoms with Crippen molar-refractivity contribution in [3.05, 3.63) is 24.0 Å². The third kappa shape index (κ3) is 2.69. The third-order valence-electron chi connectivity index (χ3n) is 3.86. The second-order valence-electron chi connectivity index (χ2n) is 4.84. The summed E-state index contributed by atoms with van der Waals surface area (Å²) < 4.78 is 0. The monoisotopic (exact) mass is 236 g/mol. The zero-order valence-corrected chi connectivity index (χ0v) is 10.1. The van der Waals surface area contributed by atoms with Crippen LogP contribution in [-0.4, -0.2) is 23.1 Å². The minimum Gasteiger partial charge on any atom is -0.481 e. The lowest BCUT2D eigenvalue weighted by Gasteiger charge is -2.32. The fraction of sp³-hybridized carbons (Fsp3) is 0.615.